The van der Waals surface area contributed by atoms with Gasteiger partial charge in [-0.2, -0.15) is 5.10 Å². The van der Waals surface area contributed by atoms with Gasteiger partial charge in [0, 0.05) is 24.7 Å². The Morgan fingerprint density at radius 1 is 1.15 bits per heavy atom. The average Bonchev–Trinajstić information content (AvgIpc) is 2.95. The molecule has 140 valence electrons. The third-order valence-corrected chi connectivity index (χ3v) is 5.66. The van der Waals surface area contributed by atoms with Crippen molar-refractivity contribution in [2.24, 2.45) is 0 Å². The second kappa shape index (κ2) is 7.96. The molecule has 2 aromatic carbocycles. The van der Waals surface area contributed by atoms with Crippen molar-refractivity contribution in [3.8, 4) is 11.4 Å². The Labute approximate surface area is 167 Å². The van der Waals surface area contributed by atoms with Crippen molar-refractivity contribution in [3.05, 3.63) is 75.5 Å². The lowest BCUT2D eigenvalue weighted by atomic mass is 10.1. The number of ether oxygens (including phenoxy) is 1. The molecule has 0 aliphatic rings. The summed E-state index contributed by atoms with van der Waals surface area (Å²) < 4.78 is 8.23. The summed E-state index contributed by atoms with van der Waals surface area (Å²) in [5, 5.41) is 4.53. The van der Waals surface area contributed by atoms with Crippen LogP contribution in [-0.2, 0) is 6.54 Å². The second-order valence-corrected chi connectivity index (χ2v) is 7.21. The number of carbonyl (C=O) groups excluding carboxylic acids is 1. The van der Waals surface area contributed by atoms with E-state index in [9.17, 15) is 4.79 Å². The first-order valence-corrected chi connectivity index (χ1v) is 9.41. The summed E-state index contributed by atoms with van der Waals surface area (Å²) in [6.07, 6.45) is 0. The van der Waals surface area contributed by atoms with Crippen LogP contribution in [0.4, 0.5) is 0 Å². The summed E-state index contributed by atoms with van der Waals surface area (Å²) >= 11 is 3.54. The molecule has 0 bridgehead atoms. The smallest absolute Gasteiger partial charge is 0.253 e. The summed E-state index contributed by atoms with van der Waals surface area (Å²) in [4.78, 5) is 14.5. The van der Waals surface area contributed by atoms with Gasteiger partial charge in [-0.1, -0.05) is 18.2 Å². The van der Waals surface area contributed by atoms with E-state index in [1.807, 2.05) is 67.1 Å². The first-order valence-electron chi connectivity index (χ1n) is 8.62. The highest BCUT2D eigenvalue weighted by atomic mass is 79.9. The Hall–Kier alpha value is -2.60. The highest BCUT2D eigenvalue weighted by Gasteiger charge is 2.15. The number of amides is 1. The van der Waals surface area contributed by atoms with Crippen LogP contribution in [0.2, 0.25) is 0 Å². The zero-order valence-corrected chi connectivity index (χ0v) is 17.4. The molecule has 0 spiro atoms. The zero-order chi connectivity index (χ0) is 19.6. The van der Waals surface area contributed by atoms with E-state index in [0.717, 1.165) is 32.9 Å². The predicted molar refractivity (Wildman–Crippen MR) is 110 cm³/mol. The van der Waals surface area contributed by atoms with Crippen LogP contribution in [-0.4, -0.2) is 34.7 Å². The first-order chi connectivity index (χ1) is 12.9. The monoisotopic (exact) mass is 427 g/mol. The minimum atomic E-state index is -0.0398. The number of para-hydroxylation sites is 1. The molecule has 27 heavy (non-hydrogen) atoms. The van der Waals surface area contributed by atoms with Crippen molar-refractivity contribution in [2.75, 3.05) is 14.2 Å². The first kappa shape index (κ1) is 19.2. The summed E-state index contributed by atoms with van der Waals surface area (Å²) in [6.45, 7) is 4.44. The molecule has 0 saturated heterocycles. The molecule has 0 atom stereocenters. The topological polar surface area (TPSA) is 47.4 Å². The van der Waals surface area contributed by atoms with E-state index >= 15 is 0 Å². The number of carbonyl (C=O) groups is 1. The Kier molecular flexibility index (Phi) is 5.65. The Bertz CT molecular complexity index is 964. The van der Waals surface area contributed by atoms with Crippen LogP contribution in [0.1, 0.15) is 27.3 Å². The molecule has 0 saturated carbocycles. The average molecular weight is 428 g/mol. The van der Waals surface area contributed by atoms with Gasteiger partial charge < -0.3 is 9.64 Å². The van der Waals surface area contributed by atoms with Crippen molar-refractivity contribution in [1.82, 2.24) is 14.7 Å². The number of benzene rings is 2. The Balaban J connectivity index is 1.78. The zero-order valence-electron chi connectivity index (χ0n) is 15.9. The Morgan fingerprint density at radius 2 is 1.81 bits per heavy atom. The number of aromatic nitrogens is 2. The SMILES string of the molecule is COc1ccccc1CN(C)C(=O)c1ccc(-n2nc(C)c(Br)c2C)cc1. The molecular weight excluding hydrogens is 406 g/mol. The molecule has 0 fully saturated rings. The van der Waals surface area contributed by atoms with E-state index in [1.54, 1.807) is 19.1 Å². The van der Waals surface area contributed by atoms with Gasteiger partial charge in [0.2, 0.25) is 0 Å². The normalized spacial score (nSPS) is 10.7. The fourth-order valence-electron chi connectivity index (χ4n) is 3.00. The van der Waals surface area contributed by atoms with Crippen LogP contribution in [0.3, 0.4) is 0 Å². The van der Waals surface area contributed by atoms with Gasteiger partial charge in [-0.05, 0) is 60.1 Å². The lowest BCUT2D eigenvalue weighted by Crippen LogP contribution is -2.26. The second-order valence-electron chi connectivity index (χ2n) is 6.42. The molecular formula is C21H22BrN3O2. The van der Waals surface area contributed by atoms with Gasteiger partial charge >= 0.3 is 0 Å². The number of nitrogens with zero attached hydrogens (tertiary/aromatic N) is 3. The molecule has 0 aliphatic carbocycles. The largest absolute Gasteiger partial charge is 0.496 e. The van der Waals surface area contributed by atoms with Gasteiger partial charge in [-0.3, -0.25) is 4.79 Å². The third-order valence-electron chi connectivity index (χ3n) is 4.51. The van der Waals surface area contributed by atoms with Gasteiger partial charge in [0.25, 0.3) is 5.91 Å². The van der Waals surface area contributed by atoms with E-state index in [4.69, 9.17) is 4.74 Å². The number of rotatable bonds is 5. The molecule has 1 amide bonds. The lowest BCUT2D eigenvalue weighted by Gasteiger charge is -2.19. The number of halogens is 1. The molecule has 0 aliphatic heterocycles. The van der Waals surface area contributed by atoms with E-state index in [1.165, 1.54) is 0 Å². The fraction of sp³-hybridized carbons (Fsp3) is 0.238. The molecule has 1 heterocycles. The number of methoxy groups -OCH3 is 1. The number of aryl methyl sites for hydroxylation is 1. The number of hydrogen-bond acceptors (Lipinski definition) is 3. The summed E-state index contributed by atoms with van der Waals surface area (Å²) in [5.41, 5.74) is 4.49. The maximum absolute atomic E-state index is 12.8. The summed E-state index contributed by atoms with van der Waals surface area (Å²) in [6, 6.07) is 15.2. The quantitative estimate of drug-likeness (QED) is 0.600. The van der Waals surface area contributed by atoms with Gasteiger partial charge in [0.15, 0.2) is 0 Å². The van der Waals surface area contributed by atoms with Crippen LogP contribution < -0.4 is 4.74 Å². The summed E-state index contributed by atoms with van der Waals surface area (Å²) in [7, 11) is 3.43. The van der Waals surface area contributed by atoms with E-state index in [-0.39, 0.29) is 5.91 Å². The maximum Gasteiger partial charge on any atom is 0.253 e. The minimum absolute atomic E-state index is 0.0398. The third kappa shape index (κ3) is 3.90. The van der Waals surface area contributed by atoms with Crippen LogP contribution in [0, 0.1) is 13.8 Å². The van der Waals surface area contributed by atoms with Crippen LogP contribution in [0.5, 0.6) is 5.75 Å². The van der Waals surface area contributed by atoms with E-state index in [0.29, 0.717) is 12.1 Å². The predicted octanol–water partition coefficient (Wildman–Crippen LogP) is 4.53. The molecule has 3 aromatic rings. The fourth-order valence-corrected chi connectivity index (χ4v) is 3.25. The van der Waals surface area contributed by atoms with Gasteiger partial charge in [0.05, 0.1) is 28.7 Å². The summed E-state index contributed by atoms with van der Waals surface area (Å²) in [5.74, 6) is 0.740. The van der Waals surface area contributed by atoms with Gasteiger partial charge in [0.1, 0.15) is 5.75 Å². The van der Waals surface area contributed by atoms with Crippen molar-refractivity contribution in [1.29, 1.82) is 0 Å². The highest BCUT2D eigenvalue weighted by Crippen LogP contribution is 2.24. The van der Waals surface area contributed by atoms with Crippen molar-refractivity contribution < 1.29 is 9.53 Å². The molecule has 3 rings (SSSR count). The lowest BCUT2D eigenvalue weighted by molar-refractivity contribution is 0.0784. The minimum Gasteiger partial charge on any atom is -0.496 e. The van der Waals surface area contributed by atoms with Crippen molar-refractivity contribution in [2.45, 2.75) is 20.4 Å². The standard InChI is InChI=1S/C21H22BrN3O2/c1-14-20(22)15(2)25(23-14)18-11-9-16(10-12-18)21(26)24(3)13-17-7-5-6-8-19(17)27-4/h5-12H,13H2,1-4H3. The Morgan fingerprint density at radius 3 is 2.41 bits per heavy atom. The molecule has 0 N–H and O–H groups in total. The van der Waals surface area contributed by atoms with E-state index < -0.39 is 0 Å². The molecule has 1 aromatic heterocycles. The van der Waals surface area contributed by atoms with Crippen LogP contribution >= 0.6 is 15.9 Å². The van der Waals surface area contributed by atoms with E-state index in [2.05, 4.69) is 21.0 Å². The highest BCUT2D eigenvalue weighted by molar-refractivity contribution is 9.10. The van der Waals surface area contributed by atoms with Crippen LogP contribution in [0.25, 0.3) is 5.69 Å². The molecule has 0 unspecified atom stereocenters. The maximum atomic E-state index is 12.8. The van der Waals surface area contributed by atoms with Crippen molar-refractivity contribution in [3.63, 3.8) is 0 Å². The molecule has 0 radical (unpaired) electrons. The van der Waals surface area contributed by atoms with Crippen molar-refractivity contribution >= 4 is 21.8 Å². The molecule has 6 heteroatoms. The van der Waals surface area contributed by atoms with Gasteiger partial charge in [-0.15, -0.1) is 0 Å². The van der Waals surface area contributed by atoms with Crippen LogP contribution in [0.15, 0.2) is 53.0 Å². The molecule has 5 nitrogen and oxygen atoms in total. The number of hydrogen-bond donors (Lipinski definition) is 0. The van der Waals surface area contributed by atoms with Gasteiger partial charge in [-0.25, -0.2) is 4.68 Å².